The second kappa shape index (κ2) is 17.7. The van der Waals surface area contributed by atoms with Crippen LogP contribution in [0.3, 0.4) is 0 Å². The molecule has 0 aromatic carbocycles. The van der Waals surface area contributed by atoms with Crippen molar-refractivity contribution in [3.8, 4) is 0 Å². The van der Waals surface area contributed by atoms with E-state index in [1.165, 1.54) is 0 Å². The molecule has 2 fully saturated rings. The van der Waals surface area contributed by atoms with Gasteiger partial charge in [0.25, 0.3) is 46.9 Å². The predicted molar refractivity (Wildman–Crippen MR) is 135 cm³/mol. The monoisotopic (exact) mass is 794 g/mol. The molecule has 2 heterocycles. The van der Waals surface area contributed by atoms with Gasteiger partial charge >= 0.3 is 0 Å². The minimum Gasteiger partial charge on any atom is -0.756 e. The standard InChI is InChI=1S/2C8H19O12P3/c1-3-6-5(2)18-7(8(6)9)4-17-22(13,14)20-23(15,16)19-21(10,11)12;1-2-3-6-4-7(9)8(18-6)5-17-22(13,14)20-23(15,16)19-21(10,11)12/h5-9H,3-4H2,1-2H3,(H,13,14)(H,15,16)(H2,10,11,12);6-9H,2-5H2,1H3,(H,13,14)(H,15,16)(H2,10,11,12)/p-6. The second-order valence-electron chi connectivity index (χ2n) is 9.47. The van der Waals surface area contributed by atoms with Crippen LogP contribution in [0.25, 0.3) is 0 Å². The Morgan fingerprint density at radius 3 is 1.50 bits per heavy atom. The molecule has 0 radical (unpaired) electrons. The molecule has 0 spiro atoms. The van der Waals surface area contributed by atoms with Gasteiger partial charge in [-0.2, -0.15) is 0 Å². The first-order valence-corrected chi connectivity index (χ1v) is 21.6. The summed E-state index contributed by atoms with van der Waals surface area (Å²) in [4.78, 5) is 81.6. The molecule has 0 bridgehead atoms. The molecule has 46 heavy (non-hydrogen) atoms. The maximum atomic E-state index is 11.3. The molecule has 4 N–H and O–H groups in total. The molecule has 0 saturated carbocycles. The summed E-state index contributed by atoms with van der Waals surface area (Å²) in [7, 11) is -34.4. The van der Waals surface area contributed by atoms with Gasteiger partial charge in [0.15, 0.2) is 0 Å². The molecule has 2 rings (SSSR count). The van der Waals surface area contributed by atoms with Crippen molar-refractivity contribution in [2.24, 2.45) is 5.92 Å². The van der Waals surface area contributed by atoms with Crippen LogP contribution in [0.15, 0.2) is 0 Å². The van der Waals surface area contributed by atoms with Crippen LogP contribution in [0.4, 0.5) is 0 Å². The number of hydrogen-bond donors (Lipinski definition) is 4. The van der Waals surface area contributed by atoms with Crippen molar-refractivity contribution in [2.75, 3.05) is 13.2 Å². The molecule has 2 saturated heterocycles. The van der Waals surface area contributed by atoms with Gasteiger partial charge in [0.1, 0.15) is 12.2 Å². The highest BCUT2D eigenvalue weighted by atomic mass is 31.3. The summed E-state index contributed by atoms with van der Waals surface area (Å²) in [5.41, 5.74) is 0. The summed E-state index contributed by atoms with van der Waals surface area (Å²) >= 11 is 0. The molecule has 0 aromatic heterocycles. The number of rotatable bonds is 17. The summed E-state index contributed by atoms with van der Waals surface area (Å²) < 4.78 is 97.4. The van der Waals surface area contributed by atoms with Crippen molar-refractivity contribution >= 4 is 46.9 Å². The lowest BCUT2D eigenvalue weighted by Gasteiger charge is -2.33. The lowest BCUT2D eigenvalue weighted by Crippen LogP contribution is -2.30. The highest BCUT2D eigenvalue weighted by Gasteiger charge is 2.41. The summed E-state index contributed by atoms with van der Waals surface area (Å²) in [6.45, 7) is 3.85. The molecule has 2 aliphatic heterocycles. The minimum absolute atomic E-state index is 0.259. The number of hydrogen-bond acceptors (Lipinski definition) is 22. The van der Waals surface area contributed by atoms with Crippen LogP contribution in [0.5, 0.6) is 0 Å². The Bertz CT molecular complexity index is 1260. The third-order valence-corrected chi connectivity index (χ3v) is 13.2. The minimum atomic E-state index is -5.92. The molecule has 0 amide bonds. The Hall–Kier alpha value is 0.660. The first-order valence-electron chi connectivity index (χ1n) is 12.7. The maximum Gasteiger partial charge on any atom is 0.280 e. The van der Waals surface area contributed by atoms with E-state index in [0.29, 0.717) is 12.8 Å². The summed E-state index contributed by atoms with van der Waals surface area (Å²) in [5.74, 6) is -0.259. The van der Waals surface area contributed by atoms with Crippen molar-refractivity contribution < 1.29 is 113 Å². The lowest BCUT2D eigenvalue weighted by atomic mass is 9.95. The predicted octanol–water partition coefficient (Wildman–Crippen LogP) is -2.64. The van der Waals surface area contributed by atoms with Gasteiger partial charge in [-0.05, 0) is 19.8 Å². The van der Waals surface area contributed by atoms with E-state index >= 15 is 0 Å². The number of phosphoric ester groups is 2. The molecule has 2 aliphatic rings. The van der Waals surface area contributed by atoms with Crippen LogP contribution in [0.2, 0.25) is 0 Å². The Labute approximate surface area is 261 Å². The third kappa shape index (κ3) is 17.5. The van der Waals surface area contributed by atoms with Gasteiger partial charge in [0.05, 0.1) is 37.6 Å². The highest BCUT2D eigenvalue weighted by Crippen LogP contribution is 2.62. The average Bonchev–Trinajstić information content (AvgIpc) is 3.29. The van der Waals surface area contributed by atoms with Gasteiger partial charge in [-0.1, -0.05) is 20.3 Å². The average molecular weight is 794 g/mol. The van der Waals surface area contributed by atoms with Gasteiger partial charge in [-0.3, -0.25) is 27.4 Å². The fourth-order valence-electron chi connectivity index (χ4n) is 4.10. The van der Waals surface area contributed by atoms with Gasteiger partial charge in [0.2, 0.25) is 0 Å². The maximum absolute atomic E-state index is 11.3. The van der Waals surface area contributed by atoms with E-state index in [9.17, 15) is 67.0 Å². The number of aliphatic hydroxyl groups excluding tert-OH is 2. The second-order valence-corrected chi connectivity index (χ2v) is 18.1. The van der Waals surface area contributed by atoms with Crippen LogP contribution >= 0.6 is 46.9 Å². The van der Waals surface area contributed by atoms with Gasteiger partial charge in [0, 0.05) is 12.3 Å². The number of aliphatic hydroxyl groups is 2. The van der Waals surface area contributed by atoms with Crippen molar-refractivity contribution in [1.29, 1.82) is 0 Å². The molecule has 0 aromatic rings. The normalized spacial score (nSPS) is 34.5. The molecule has 276 valence electrons. The van der Waals surface area contributed by atoms with Crippen molar-refractivity contribution in [2.45, 2.75) is 83.1 Å². The molecular weight excluding hydrogens is 762 g/mol. The Morgan fingerprint density at radius 2 is 1.13 bits per heavy atom. The van der Waals surface area contributed by atoms with Gasteiger partial charge in [-0.25, -0.2) is 17.2 Å². The molecular formula is C16H32O24P6-6. The number of ether oxygens (including phenoxy) is 2. The van der Waals surface area contributed by atoms with E-state index < -0.39 is 84.6 Å². The van der Waals surface area contributed by atoms with E-state index in [1.54, 1.807) is 13.8 Å². The van der Waals surface area contributed by atoms with E-state index in [1.807, 2.05) is 6.92 Å². The van der Waals surface area contributed by atoms with E-state index in [4.69, 9.17) is 19.3 Å². The van der Waals surface area contributed by atoms with Crippen LogP contribution < -0.4 is 29.4 Å². The van der Waals surface area contributed by atoms with Crippen molar-refractivity contribution in [3.05, 3.63) is 0 Å². The largest absolute Gasteiger partial charge is 0.756 e. The fraction of sp³-hybridized carbons (Fsp3) is 1.00. The molecule has 13 atom stereocenters. The summed E-state index contributed by atoms with van der Waals surface area (Å²) in [6.07, 6.45) is -2.54. The van der Waals surface area contributed by atoms with Crippen LogP contribution in [0, 0.1) is 5.92 Å². The zero-order chi connectivity index (χ0) is 35.9. The topological polar surface area (TPSA) is 396 Å². The zero-order valence-electron chi connectivity index (χ0n) is 23.9. The Kier molecular flexibility index (Phi) is 17.2. The van der Waals surface area contributed by atoms with E-state index in [0.717, 1.165) is 6.42 Å². The van der Waals surface area contributed by atoms with E-state index in [2.05, 4.69) is 26.3 Å². The quantitative estimate of drug-likeness (QED) is 0.109. The molecule has 0 aliphatic carbocycles. The SMILES string of the molecule is CCC1C(C)OC(COP(=O)([O-])OP(=O)([O-])OP(=O)([O-])O)C1O.CCCC1CC(O)C(COP(=O)([O-])OP(=O)([O-])OP(=O)([O-])O)O1. The zero-order valence-corrected chi connectivity index (χ0v) is 29.3. The molecule has 13 unspecified atom stereocenters. The smallest absolute Gasteiger partial charge is 0.280 e. The number of phosphoric acid groups is 6. The molecule has 24 nitrogen and oxygen atoms in total. The fourth-order valence-corrected chi connectivity index (χ4v) is 9.89. The summed E-state index contributed by atoms with van der Waals surface area (Å²) in [5, 5.41) is 19.6. The highest BCUT2D eigenvalue weighted by molar-refractivity contribution is 7.65. The lowest BCUT2D eigenvalue weighted by molar-refractivity contribution is -0.254. The van der Waals surface area contributed by atoms with Crippen LogP contribution in [0.1, 0.15) is 46.5 Å². The van der Waals surface area contributed by atoms with Crippen LogP contribution in [-0.4, -0.2) is 69.8 Å². The first kappa shape index (κ1) is 44.7. The summed E-state index contributed by atoms with van der Waals surface area (Å²) in [6, 6.07) is 0. The van der Waals surface area contributed by atoms with Gasteiger partial charge in [-0.15, -0.1) is 0 Å². The van der Waals surface area contributed by atoms with Crippen molar-refractivity contribution in [3.63, 3.8) is 0 Å². The first-order chi connectivity index (χ1) is 20.6. The van der Waals surface area contributed by atoms with E-state index in [-0.39, 0.29) is 24.5 Å². The molecule has 30 heteroatoms. The van der Waals surface area contributed by atoms with Crippen LogP contribution in [-0.2, 0) is 63.2 Å². The van der Waals surface area contributed by atoms with Gasteiger partial charge < -0.3 is 67.9 Å². The van der Waals surface area contributed by atoms with Crippen molar-refractivity contribution in [1.82, 2.24) is 0 Å². The third-order valence-electron chi connectivity index (χ3n) is 5.80. The Morgan fingerprint density at radius 1 is 0.696 bits per heavy atom. The Balaban J connectivity index is 0.000000460.